The summed E-state index contributed by atoms with van der Waals surface area (Å²) in [6.45, 7) is 3.42. The van der Waals surface area contributed by atoms with Gasteiger partial charge in [-0.1, -0.05) is 18.1 Å². The number of benzene rings is 1. The second-order valence-corrected chi connectivity index (χ2v) is 7.15. The van der Waals surface area contributed by atoms with Crippen molar-refractivity contribution in [1.82, 2.24) is 20.8 Å². The third-order valence-corrected chi connectivity index (χ3v) is 4.98. The molecule has 2 aromatic rings. The molecule has 0 aliphatic carbocycles. The molecule has 3 rings (SSSR count). The van der Waals surface area contributed by atoms with Crippen LogP contribution < -0.4 is 10.6 Å². The molecule has 6 nitrogen and oxygen atoms in total. The van der Waals surface area contributed by atoms with Gasteiger partial charge in [-0.3, -0.25) is 4.79 Å². The van der Waals surface area contributed by atoms with Crippen LogP contribution >= 0.6 is 12.4 Å². The highest BCUT2D eigenvalue weighted by molar-refractivity contribution is 5.85. The lowest BCUT2D eigenvalue weighted by Gasteiger charge is -2.33. The SMILES string of the molecule is CCCc1noc(CCCC(=O)NC2CNCCC2c2ccc(F)c(F)c2)n1.Cl. The maximum Gasteiger partial charge on any atom is 0.226 e. The van der Waals surface area contributed by atoms with Crippen LogP contribution in [0.15, 0.2) is 22.7 Å². The second kappa shape index (κ2) is 11.2. The van der Waals surface area contributed by atoms with Gasteiger partial charge in [0.05, 0.1) is 0 Å². The number of nitrogens with one attached hydrogen (secondary N) is 2. The van der Waals surface area contributed by atoms with E-state index in [2.05, 4.69) is 20.8 Å². The normalized spacial score (nSPS) is 18.9. The van der Waals surface area contributed by atoms with Gasteiger partial charge < -0.3 is 15.2 Å². The van der Waals surface area contributed by atoms with Crippen LogP contribution in [0.3, 0.4) is 0 Å². The van der Waals surface area contributed by atoms with Crippen LogP contribution in [0.2, 0.25) is 0 Å². The molecule has 160 valence electrons. The average Bonchev–Trinajstić information content (AvgIpc) is 3.12. The molecule has 1 aliphatic heterocycles. The molecule has 0 radical (unpaired) electrons. The summed E-state index contributed by atoms with van der Waals surface area (Å²) in [7, 11) is 0. The van der Waals surface area contributed by atoms with Crippen LogP contribution in [0.1, 0.15) is 55.8 Å². The van der Waals surface area contributed by atoms with Gasteiger partial charge in [-0.25, -0.2) is 8.78 Å². The minimum atomic E-state index is -0.860. The van der Waals surface area contributed by atoms with Crippen LogP contribution in [0.25, 0.3) is 0 Å². The summed E-state index contributed by atoms with van der Waals surface area (Å²) < 4.78 is 32.0. The number of aromatic nitrogens is 2. The number of rotatable bonds is 8. The molecule has 1 saturated heterocycles. The average molecular weight is 429 g/mol. The fraction of sp³-hybridized carbons (Fsp3) is 0.550. The molecule has 0 bridgehead atoms. The van der Waals surface area contributed by atoms with E-state index in [-0.39, 0.29) is 30.3 Å². The predicted octanol–water partition coefficient (Wildman–Crippen LogP) is 3.31. The molecule has 0 spiro atoms. The molecule has 29 heavy (non-hydrogen) atoms. The first-order valence-electron chi connectivity index (χ1n) is 9.83. The zero-order valence-electron chi connectivity index (χ0n) is 16.4. The third kappa shape index (κ3) is 6.47. The summed E-state index contributed by atoms with van der Waals surface area (Å²) in [5, 5.41) is 10.2. The highest BCUT2D eigenvalue weighted by Crippen LogP contribution is 2.27. The topological polar surface area (TPSA) is 80.0 Å². The van der Waals surface area contributed by atoms with Crippen molar-refractivity contribution in [3.8, 4) is 0 Å². The molecule has 1 fully saturated rings. The Kier molecular flexibility index (Phi) is 8.98. The van der Waals surface area contributed by atoms with Crippen molar-refractivity contribution >= 4 is 18.3 Å². The number of hydrogen-bond donors (Lipinski definition) is 2. The van der Waals surface area contributed by atoms with E-state index >= 15 is 0 Å². The van der Waals surface area contributed by atoms with Crippen LogP contribution in [-0.4, -0.2) is 35.2 Å². The monoisotopic (exact) mass is 428 g/mol. The van der Waals surface area contributed by atoms with Gasteiger partial charge in [0.15, 0.2) is 17.5 Å². The molecular weight excluding hydrogens is 402 g/mol. The molecule has 1 amide bonds. The number of piperidine rings is 1. The van der Waals surface area contributed by atoms with Crippen LogP contribution in [0.5, 0.6) is 0 Å². The molecule has 2 N–H and O–H groups in total. The van der Waals surface area contributed by atoms with E-state index in [1.165, 1.54) is 6.07 Å². The van der Waals surface area contributed by atoms with E-state index in [1.54, 1.807) is 6.07 Å². The summed E-state index contributed by atoms with van der Waals surface area (Å²) in [5.41, 5.74) is 0.708. The van der Waals surface area contributed by atoms with E-state index < -0.39 is 11.6 Å². The molecule has 1 aromatic carbocycles. The number of nitrogens with zero attached hydrogens (tertiary/aromatic N) is 2. The highest BCUT2D eigenvalue weighted by Gasteiger charge is 2.28. The fourth-order valence-corrected chi connectivity index (χ4v) is 3.55. The van der Waals surface area contributed by atoms with Gasteiger partial charge in [-0.2, -0.15) is 4.98 Å². The van der Waals surface area contributed by atoms with E-state index in [4.69, 9.17) is 4.52 Å². The Labute approximate surface area is 175 Å². The second-order valence-electron chi connectivity index (χ2n) is 7.15. The summed E-state index contributed by atoms with van der Waals surface area (Å²) >= 11 is 0. The summed E-state index contributed by atoms with van der Waals surface area (Å²) in [6.07, 6.45) is 3.99. The molecular formula is C20H27ClF2N4O2. The minimum absolute atomic E-state index is 0. The van der Waals surface area contributed by atoms with Crippen molar-refractivity contribution in [2.45, 2.75) is 57.4 Å². The molecule has 1 aromatic heterocycles. The van der Waals surface area contributed by atoms with E-state index in [0.29, 0.717) is 43.1 Å². The Balaban J connectivity index is 0.00000300. The Morgan fingerprint density at radius 3 is 2.90 bits per heavy atom. The molecule has 2 heterocycles. The van der Waals surface area contributed by atoms with Crippen molar-refractivity contribution < 1.29 is 18.1 Å². The Bertz CT molecular complexity index is 803. The molecule has 1 aliphatic rings. The molecule has 9 heteroatoms. The lowest BCUT2D eigenvalue weighted by Crippen LogP contribution is -2.50. The van der Waals surface area contributed by atoms with Gasteiger partial charge in [0.25, 0.3) is 0 Å². The van der Waals surface area contributed by atoms with Gasteiger partial charge in [0, 0.05) is 37.8 Å². The summed E-state index contributed by atoms with van der Waals surface area (Å²) in [5.74, 6) is -0.591. The van der Waals surface area contributed by atoms with Crippen molar-refractivity contribution in [3.05, 3.63) is 47.1 Å². The van der Waals surface area contributed by atoms with Gasteiger partial charge in [0.1, 0.15) is 0 Å². The summed E-state index contributed by atoms with van der Waals surface area (Å²) in [4.78, 5) is 16.7. The first-order chi connectivity index (χ1) is 13.6. The van der Waals surface area contributed by atoms with E-state index in [0.717, 1.165) is 31.9 Å². The smallest absolute Gasteiger partial charge is 0.226 e. The molecule has 2 unspecified atom stereocenters. The lowest BCUT2D eigenvalue weighted by molar-refractivity contribution is -0.122. The Morgan fingerprint density at radius 2 is 2.14 bits per heavy atom. The van der Waals surface area contributed by atoms with Gasteiger partial charge in [-0.15, -0.1) is 12.4 Å². The minimum Gasteiger partial charge on any atom is -0.351 e. The number of carbonyl (C=O) groups is 1. The Morgan fingerprint density at radius 1 is 1.31 bits per heavy atom. The molecule has 0 saturated carbocycles. The quantitative estimate of drug-likeness (QED) is 0.674. The zero-order valence-corrected chi connectivity index (χ0v) is 17.2. The van der Waals surface area contributed by atoms with Crippen LogP contribution in [0, 0.1) is 11.6 Å². The fourth-order valence-electron chi connectivity index (χ4n) is 3.55. The van der Waals surface area contributed by atoms with E-state index in [9.17, 15) is 13.6 Å². The van der Waals surface area contributed by atoms with Gasteiger partial charge in [-0.05, 0) is 43.5 Å². The lowest BCUT2D eigenvalue weighted by atomic mass is 9.86. The van der Waals surface area contributed by atoms with Crippen LogP contribution in [0.4, 0.5) is 8.78 Å². The first-order valence-corrected chi connectivity index (χ1v) is 9.83. The number of aryl methyl sites for hydroxylation is 2. The predicted molar refractivity (Wildman–Crippen MR) is 107 cm³/mol. The zero-order chi connectivity index (χ0) is 19.9. The third-order valence-electron chi connectivity index (χ3n) is 4.98. The van der Waals surface area contributed by atoms with Crippen molar-refractivity contribution in [1.29, 1.82) is 0 Å². The van der Waals surface area contributed by atoms with E-state index in [1.807, 2.05) is 6.92 Å². The van der Waals surface area contributed by atoms with Gasteiger partial charge in [0.2, 0.25) is 11.8 Å². The largest absolute Gasteiger partial charge is 0.351 e. The standard InChI is InChI=1S/C20H26F2N4O2.ClH/c1-2-4-18-25-20(28-26-18)6-3-5-19(27)24-17-12-23-10-9-14(17)13-7-8-15(21)16(22)11-13;/h7-8,11,14,17,23H,2-6,9-10,12H2,1H3,(H,24,27);1H. The number of carbonyl (C=O) groups excluding carboxylic acids is 1. The highest BCUT2D eigenvalue weighted by atomic mass is 35.5. The van der Waals surface area contributed by atoms with Crippen molar-refractivity contribution in [2.75, 3.05) is 13.1 Å². The van der Waals surface area contributed by atoms with Gasteiger partial charge >= 0.3 is 0 Å². The van der Waals surface area contributed by atoms with Crippen molar-refractivity contribution in [2.24, 2.45) is 0 Å². The number of hydrogen-bond acceptors (Lipinski definition) is 5. The summed E-state index contributed by atoms with van der Waals surface area (Å²) in [6, 6.07) is 3.80. The number of amides is 1. The Hall–Kier alpha value is -2.06. The number of halogens is 3. The first kappa shape index (κ1) is 23.2. The van der Waals surface area contributed by atoms with Crippen molar-refractivity contribution in [3.63, 3.8) is 0 Å². The maximum atomic E-state index is 13.6. The molecule has 2 atom stereocenters. The maximum absolute atomic E-state index is 13.6. The van der Waals surface area contributed by atoms with Crippen LogP contribution in [-0.2, 0) is 17.6 Å².